The first-order chi connectivity index (χ1) is 8.91. The molecule has 0 amide bonds. The summed E-state index contributed by atoms with van der Waals surface area (Å²) in [5.41, 5.74) is 5.65. The van der Waals surface area contributed by atoms with E-state index in [4.69, 9.17) is 5.73 Å². The summed E-state index contributed by atoms with van der Waals surface area (Å²) in [6.45, 7) is 0.627. The van der Waals surface area contributed by atoms with Crippen LogP contribution in [0.5, 0.6) is 0 Å². The van der Waals surface area contributed by atoms with Crippen molar-refractivity contribution in [3.8, 4) is 0 Å². The molecule has 9 heteroatoms. The van der Waals surface area contributed by atoms with Crippen LogP contribution in [0.1, 0.15) is 0 Å². The Morgan fingerprint density at radius 2 is 2.26 bits per heavy atom. The highest BCUT2D eigenvalue weighted by atomic mass is 32.2. The summed E-state index contributed by atoms with van der Waals surface area (Å²) in [7, 11) is -1.44. The molecule has 0 bridgehead atoms. The highest BCUT2D eigenvalue weighted by Crippen LogP contribution is 2.27. The van der Waals surface area contributed by atoms with Crippen LogP contribution >= 0.6 is 11.8 Å². The standard InChI is InChI=1S/C10H17N5O2S2/c1-12-7-5-8(14-10(11)13-7)15-3-4-18-6-9(15)19(2,16)17/h5,9H,3-4,6H2,1-2H3,(H3,11,12,13,14). The second kappa shape index (κ2) is 5.41. The van der Waals surface area contributed by atoms with Gasteiger partial charge in [0.1, 0.15) is 17.0 Å². The molecule has 106 valence electrons. The van der Waals surface area contributed by atoms with Gasteiger partial charge in [0.25, 0.3) is 0 Å². The van der Waals surface area contributed by atoms with Crippen LogP contribution in [0.2, 0.25) is 0 Å². The fraction of sp³-hybridized carbons (Fsp3) is 0.600. The molecule has 0 aromatic carbocycles. The Bertz CT molecular complexity index is 563. The van der Waals surface area contributed by atoms with Gasteiger partial charge < -0.3 is 16.0 Å². The third-order valence-corrected chi connectivity index (χ3v) is 5.50. The van der Waals surface area contributed by atoms with Gasteiger partial charge in [0.05, 0.1) is 0 Å². The zero-order chi connectivity index (χ0) is 14.0. The Hall–Kier alpha value is -1.22. The van der Waals surface area contributed by atoms with E-state index in [-0.39, 0.29) is 5.95 Å². The predicted molar refractivity (Wildman–Crippen MR) is 79.3 cm³/mol. The average molecular weight is 303 g/mol. The van der Waals surface area contributed by atoms with Crippen LogP contribution in [0.4, 0.5) is 17.6 Å². The van der Waals surface area contributed by atoms with Crippen molar-refractivity contribution < 1.29 is 8.42 Å². The van der Waals surface area contributed by atoms with Crippen LogP contribution in [0, 0.1) is 0 Å². The molecule has 3 N–H and O–H groups in total. The number of hydrogen-bond acceptors (Lipinski definition) is 8. The molecule has 0 radical (unpaired) electrons. The maximum atomic E-state index is 11.9. The molecule has 2 rings (SSSR count). The van der Waals surface area contributed by atoms with Gasteiger partial charge in [-0.1, -0.05) is 0 Å². The molecule has 1 aliphatic rings. The minimum absolute atomic E-state index is 0.132. The van der Waals surface area contributed by atoms with Gasteiger partial charge in [-0.05, 0) is 0 Å². The second-order valence-electron chi connectivity index (χ2n) is 4.27. The van der Waals surface area contributed by atoms with E-state index >= 15 is 0 Å². The van der Waals surface area contributed by atoms with Gasteiger partial charge in [0, 0.05) is 37.4 Å². The van der Waals surface area contributed by atoms with Gasteiger partial charge in [0.15, 0.2) is 9.84 Å². The lowest BCUT2D eigenvalue weighted by molar-refractivity contribution is 0.583. The van der Waals surface area contributed by atoms with Gasteiger partial charge in [0.2, 0.25) is 5.95 Å². The fourth-order valence-electron chi connectivity index (χ4n) is 1.93. The molecule has 1 aliphatic heterocycles. The van der Waals surface area contributed by atoms with Crippen molar-refractivity contribution >= 4 is 39.2 Å². The van der Waals surface area contributed by atoms with Gasteiger partial charge in [-0.25, -0.2) is 8.42 Å². The van der Waals surface area contributed by atoms with Gasteiger partial charge in [-0.15, -0.1) is 0 Å². The number of nitrogens with one attached hydrogen (secondary N) is 1. The Labute approximate surface area is 116 Å². The van der Waals surface area contributed by atoms with Crippen molar-refractivity contribution in [3.63, 3.8) is 0 Å². The second-order valence-corrected chi connectivity index (χ2v) is 7.63. The van der Waals surface area contributed by atoms with E-state index < -0.39 is 15.2 Å². The van der Waals surface area contributed by atoms with E-state index in [1.54, 1.807) is 29.8 Å². The molecule has 1 saturated heterocycles. The summed E-state index contributed by atoms with van der Waals surface area (Å²) in [6.07, 6.45) is 1.25. The molecule has 1 atom stereocenters. The molecule has 1 aromatic heterocycles. The smallest absolute Gasteiger partial charge is 0.223 e. The summed E-state index contributed by atoms with van der Waals surface area (Å²) < 4.78 is 23.7. The van der Waals surface area contributed by atoms with Crippen LogP contribution in [0.3, 0.4) is 0 Å². The highest BCUT2D eigenvalue weighted by Gasteiger charge is 2.32. The summed E-state index contributed by atoms with van der Waals surface area (Å²) in [5, 5.41) is 2.32. The number of nitrogens with zero attached hydrogens (tertiary/aromatic N) is 3. The molecule has 7 nitrogen and oxygen atoms in total. The maximum Gasteiger partial charge on any atom is 0.223 e. The normalized spacial score (nSPS) is 20.3. The topological polar surface area (TPSA) is 101 Å². The molecule has 0 aliphatic carbocycles. The maximum absolute atomic E-state index is 11.9. The van der Waals surface area contributed by atoms with Crippen molar-refractivity contribution in [3.05, 3.63) is 6.07 Å². The number of anilines is 3. The molecule has 19 heavy (non-hydrogen) atoms. The lowest BCUT2D eigenvalue weighted by atomic mass is 10.4. The summed E-state index contributed by atoms with van der Waals surface area (Å²) in [4.78, 5) is 9.94. The first-order valence-corrected chi connectivity index (χ1v) is 8.88. The molecular formula is C10H17N5O2S2. The van der Waals surface area contributed by atoms with Crippen LogP contribution < -0.4 is 16.0 Å². The molecule has 1 fully saturated rings. The largest absolute Gasteiger partial charge is 0.373 e. The van der Waals surface area contributed by atoms with E-state index in [2.05, 4.69) is 15.3 Å². The summed E-state index contributed by atoms with van der Waals surface area (Å²) >= 11 is 1.63. The molecule has 2 heterocycles. The SMILES string of the molecule is CNc1cc(N2CCSCC2S(C)(=O)=O)nc(N)n1. The number of hydrogen-bond donors (Lipinski definition) is 2. The van der Waals surface area contributed by atoms with Gasteiger partial charge in [-0.3, -0.25) is 0 Å². The van der Waals surface area contributed by atoms with E-state index in [1.807, 2.05) is 0 Å². The monoisotopic (exact) mass is 303 g/mol. The predicted octanol–water partition coefficient (Wildman–Crippen LogP) is 0.0244. The molecule has 1 aromatic rings. The first kappa shape index (κ1) is 14.2. The van der Waals surface area contributed by atoms with Gasteiger partial charge >= 0.3 is 0 Å². The van der Waals surface area contributed by atoms with Crippen LogP contribution in [-0.2, 0) is 9.84 Å². The number of thioether (sulfide) groups is 1. The first-order valence-electron chi connectivity index (χ1n) is 5.77. The Morgan fingerprint density at radius 1 is 1.53 bits per heavy atom. The number of rotatable bonds is 3. The third-order valence-electron chi connectivity index (χ3n) is 2.86. The zero-order valence-electron chi connectivity index (χ0n) is 10.8. The Balaban J connectivity index is 2.40. The van der Waals surface area contributed by atoms with E-state index in [9.17, 15) is 8.42 Å². The molecule has 1 unspecified atom stereocenters. The Morgan fingerprint density at radius 3 is 2.89 bits per heavy atom. The molecular weight excluding hydrogens is 286 g/mol. The van der Waals surface area contributed by atoms with E-state index in [0.29, 0.717) is 23.9 Å². The highest BCUT2D eigenvalue weighted by molar-refractivity contribution is 8.01. The van der Waals surface area contributed by atoms with Crippen LogP contribution in [0.25, 0.3) is 0 Å². The van der Waals surface area contributed by atoms with Crippen molar-refractivity contribution in [1.29, 1.82) is 0 Å². The number of sulfone groups is 1. The van der Waals surface area contributed by atoms with Gasteiger partial charge in [-0.2, -0.15) is 21.7 Å². The number of aromatic nitrogens is 2. The quantitative estimate of drug-likeness (QED) is 0.806. The van der Waals surface area contributed by atoms with Crippen LogP contribution in [0.15, 0.2) is 6.07 Å². The fourth-order valence-corrected chi connectivity index (χ4v) is 4.75. The van der Waals surface area contributed by atoms with Crippen molar-refractivity contribution in [2.45, 2.75) is 5.37 Å². The van der Waals surface area contributed by atoms with Crippen molar-refractivity contribution in [2.24, 2.45) is 0 Å². The zero-order valence-corrected chi connectivity index (χ0v) is 12.5. The Kier molecular flexibility index (Phi) is 4.04. The summed E-state index contributed by atoms with van der Waals surface area (Å²) in [5.74, 6) is 2.66. The molecule has 0 spiro atoms. The van der Waals surface area contributed by atoms with Crippen LogP contribution in [-0.4, -0.2) is 55.1 Å². The minimum Gasteiger partial charge on any atom is -0.373 e. The lowest BCUT2D eigenvalue weighted by Gasteiger charge is -2.35. The lowest BCUT2D eigenvalue weighted by Crippen LogP contribution is -2.47. The third kappa shape index (κ3) is 3.21. The van der Waals surface area contributed by atoms with Crippen molar-refractivity contribution in [1.82, 2.24) is 9.97 Å². The van der Waals surface area contributed by atoms with E-state index in [0.717, 1.165) is 5.75 Å². The molecule has 0 saturated carbocycles. The van der Waals surface area contributed by atoms with E-state index in [1.165, 1.54) is 6.26 Å². The van der Waals surface area contributed by atoms with Crippen molar-refractivity contribution in [2.75, 3.05) is 47.3 Å². The summed E-state index contributed by atoms with van der Waals surface area (Å²) in [6, 6.07) is 1.71. The number of nitrogens with two attached hydrogens (primary N) is 1. The minimum atomic E-state index is -3.17. The number of nitrogen functional groups attached to an aromatic ring is 1. The average Bonchev–Trinajstić information content (AvgIpc) is 2.37.